The number of aliphatic carboxylic acids is 1. The summed E-state index contributed by atoms with van der Waals surface area (Å²) in [5.74, 6) is -2.99. The number of hydrogen-bond acceptors (Lipinski definition) is 7. The van der Waals surface area contributed by atoms with Crippen LogP contribution in [-0.2, 0) is 21.4 Å². The zero-order chi connectivity index (χ0) is 26.7. The standard InChI is InChI=1S/C19H30N6O3S.C2HF3O2/c1-2-13-9-18(23-21-12-13)19(26)22-15-10-16-3-4-17(11-15)25(16)29(27,28)24-7-5-14(20)6-8-24;3-2(4,5)1(6)7/h9,12,14-17H,2-8,10-11,20H2,1H3,(H,22,26);(H,6,7)/t15-,16+,17-;. The normalized spacial score (nSPS) is 25.6. The lowest BCUT2D eigenvalue weighted by molar-refractivity contribution is -0.192. The number of carbonyl (C=O) groups excluding carboxylic acids is 1. The Bertz CT molecular complexity index is 1030. The number of aryl methyl sites for hydroxylation is 1. The maximum atomic E-state index is 13.2. The van der Waals surface area contributed by atoms with Crippen LogP contribution in [0.1, 0.15) is 61.5 Å². The van der Waals surface area contributed by atoms with Gasteiger partial charge in [-0.05, 0) is 56.6 Å². The molecule has 3 aliphatic rings. The van der Waals surface area contributed by atoms with E-state index in [0.717, 1.165) is 24.8 Å². The number of carboxylic acids is 1. The Kier molecular flexibility index (Phi) is 8.90. The first-order valence-electron chi connectivity index (χ1n) is 11.8. The van der Waals surface area contributed by atoms with Crippen LogP contribution in [0, 0.1) is 0 Å². The molecule has 11 nitrogen and oxygen atoms in total. The van der Waals surface area contributed by atoms with Crippen molar-refractivity contribution >= 4 is 22.1 Å². The smallest absolute Gasteiger partial charge is 0.475 e. The number of amides is 1. The molecule has 0 saturated carbocycles. The molecule has 3 atom stereocenters. The summed E-state index contributed by atoms with van der Waals surface area (Å²) in [5.41, 5.74) is 7.21. The van der Waals surface area contributed by atoms with Gasteiger partial charge in [0.1, 0.15) is 0 Å². The lowest BCUT2D eigenvalue weighted by Gasteiger charge is -2.41. The summed E-state index contributed by atoms with van der Waals surface area (Å²) in [7, 11) is -3.48. The van der Waals surface area contributed by atoms with Crippen molar-refractivity contribution in [3.63, 3.8) is 0 Å². The SMILES string of the molecule is CCc1cnnc(C(=O)N[C@H]2C[C@H]3CC[C@@H](C2)N3S(=O)(=O)N2CCC(N)CC2)c1.O=C(O)C(F)(F)F. The van der Waals surface area contributed by atoms with E-state index in [1.807, 2.05) is 6.92 Å². The molecule has 4 heterocycles. The van der Waals surface area contributed by atoms with Gasteiger partial charge in [-0.2, -0.15) is 35.3 Å². The summed E-state index contributed by atoms with van der Waals surface area (Å²) in [6, 6.07) is 1.68. The molecular weight excluding hydrogens is 505 g/mol. The number of piperidine rings is 2. The Balaban J connectivity index is 0.000000454. The molecule has 0 radical (unpaired) electrons. The Hall–Kier alpha value is -2.36. The van der Waals surface area contributed by atoms with Gasteiger partial charge in [0.25, 0.3) is 16.1 Å². The summed E-state index contributed by atoms with van der Waals surface area (Å²) < 4.78 is 61.5. The number of halogens is 3. The molecule has 36 heavy (non-hydrogen) atoms. The van der Waals surface area contributed by atoms with Crippen LogP contribution in [-0.4, -0.2) is 87.6 Å². The van der Waals surface area contributed by atoms with Gasteiger partial charge in [0.15, 0.2) is 5.69 Å². The molecule has 4 rings (SSSR count). The lowest BCUT2D eigenvalue weighted by atomic mass is 9.99. The lowest BCUT2D eigenvalue weighted by Crippen LogP contribution is -2.57. The van der Waals surface area contributed by atoms with Crippen LogP contribution in [0.15, 0.2) is 12.3 Å². The van der Waals surface area contributed by atoms with Crippen LogP contribution >= 0.6 is 0 Å². The van der Waals surface area contributed by atoms with E-state index in [1.54, 1.807) is 20.9 Å². The van der Waals surface area contributed by atoms with E-state index < -0.39 is 22.4 Å². The third-order valence-corrected chi connectivity index (χ3v) is 8.83. The van der Waals surface area contributed by atoms with Crippen LogP contribution in [0.5, 0.6) is 0 Å². The summed E-state index contributed by atoms with van der Waals surface area (Å²) in [6.45, 7) is 2.99. The minimum Gasteiger partial charge on any atom is -0.475 e. The summed E-state index contributed by atoms with van der Waals surface area (Å²) in [6.07, 6.45) is 1.73. The molecule has 2 bridgehead atoms. The van der Waals surface area contributed by atoms with E-state index in [9.17, 15) is 26.4 Å². The third-order valence-electron chi connectivity index (χ3n) is 6.69. The quantitative estimate of drug-likeness (QED) is 0.504. The van der Waals surface area contributed by atoms with Crippen molar-refractivity contribution in [2.24, 2.45) is 5.73 Å². The van der Waals surface area contributed by atoms with Gasteiger partial charge in [-0.25, -0.2) is 4.79 Å². The van der Waals surface area contributed by atoms with Crippen molar-refractivity contribution in [1.29, 1.82) is 0 Å². The molecule has 1 amide bonds. The topological polar surface area (TPSA) is 159 Å². The second kappa shape index (κ2) is 11.4. The molecule has 0 spiro atoms. The first-order chi connectivity index (χ1) is 16.8. The summed E-state index contributed by atoms with van der Waals surface area (Å²) in [5, 5.41) is 18.0. The number of hydrogen-bond donors (Lipinski definition) is 3. The van der Waals surface area contributed by atoms with Gasteiger partial charge in [-0.15, -0.1) is 5.10 Å². The number of nitrogens with zero attached hydrogens (tertiary/aromatic N) is 4. The average molecular weight is 537 g/mol. The molecule has 202 valence electrons. The van der Waals surface area contributed by atoms with E-state index in [4.69, 9.17) is 15.6 Å². The molecule has 0 aliphatic carbocycles. The Labute approximate surface area is 207 Å². The first-order valence-corrected chi connectivity index (χ1v) is 13.2. The molecule has 3 fully saturated rings. The zero-order valence-corrected chi connectivity index (χ0v) is 20.6. The van der Waals surface area contributed by atoms with Crippen molar-refractivity contribution in [1.82, 2.24) is 24.1 Å². The van der Waals surface area contributed by atoms with Crippen LogP contribution in [0.3, 0.4) is 0 Å². The van der Waals surface area contributed by atoms with Gasteiger partial charge in [-0.1, -0.05) is 6.92 Å². The number of alkyl halides is 3. The fraction of sp³-hybridized carbons (Fsp3) is 0.714. The maximum Gasteiger partial charge on any atom is 0.490 e. The third kappa shape index (κ3) is 6.69. The van der Waals surface area contributed by atoms with E-state index in [0.29, 0.717) is 44.5 Å². The van der Waals surface area contributed by atoms with Gasteiger partial charge in [0.05, 0.1) is 6.20 Å². The highest BCUT2D eigenvalue weighted by Gasteiger charge is 2.49. The van der Waals surface area contributed by atoms with Crippen molar-refractivity contribution in [2.45, 2.75) is 82.2 Å². The van der Waals surface area contributed by atoms with Crippen molar-refractivity contribution in [3.05, 3.63) is 23.5 Å². The van der Waals surface area contributed by atoms with Gasteiger partial charge in [0, 0.05) is 37.3 Å². The average Bonchev–Trinajstić information content (AvgIpc) is 3.11. The van der Waals surface area contributed by atoms with Gasteiger partial charge >= 0.3 is 12.1 Å². The van der Waals surface area contributed by atoms with E-state index in [-0.39, 0.29) is 30.1 Å². The molecule has 3 saturated heterocycles. The molecule has 4 N–H and O–H groups in total. The van der Waals surface area contributed by atoms with E-state index in [1.165, 1.54) is 0 Å². The van der Waals surface area contributed by atoms with Crippen LogP contribution in [0.2, 0.25) is 0 Å². The predicted molar refractivity (Wildman–Crippen MR) is 122 cm³/mol. The molecular formula is C21H31F3N6O5S. The number of aromatic nitrogens is 2. The van der Waals surface area contributed by atoms with Crippen LogP contribution < -0.4 is 11.1 Å². The number of carbonyl (C=O) groups is 2. The fourth-order valence-electron chi connectivity index (χ4n) is 4.84. The number of fused-ring (bicyclic) bond motifs is 2. The Morgan fingerprint density at radius 3 is 2.22 bits per heavy atom. The number of nitrogens with one attached hydrogen (secondary N) is 1. The zero-order valence-electron chi connectivity index (χ0n) is 19.8. The van der Waals surface area contributed by atoms with Gasteiger partial charge in [-0.3, -0.25) is 4.79 Å². The molecule has 15 heteroatoms. The van der Waals surface area contributed by atoms with Gasteiger partial charge in [0.2, 0.25) is 0 Å². The largest absolute Gasteiger partial charge is 0.490 e. The molecule has 1 aromatic heterocycles. The Morgan fingerprint density at radius 2 is 1.72 bits per heavy atom. The van der Waals surface area contributed by atoms with E-state index >= 15 is 0 Å². The van der Waals surface area contributed by atoms with Crippen molar-refractivity contribution < 1.29 is 36.3 Å². The second-order valence-electron chi connectivity index (χ2n) is 9.21. The van der Waals surface area contributed by atoms with Crippen LogP contribution in [0.4, 0.5) is 13.2 Å². The van der Waals surface area contributed by atoms with E-state index in [2.05, 4.69) is 15.5 Å². The fourth-order valence-corrected chi connectivity index (χ4v) is 6.91. The molecule has 0 unspecified atom stereocenters. The molecule has 3 aliphatic heterocycles. The molecule has 1 aromatic rings. The minimum absolute atomic E-state index is 0.0479. The number of carboxylic acid groups (broad SMARTS) is 1. The first kappa shape index (κ1) is 28.2. The summed E-state index contributed by atoms with van der Waals surface area (Å²) in [4.78, 5) is 21.5. The second-order valence-corrected chi connectivity index (χ2v) is 11.0. The Morgan fingerprint density at radius 1 is 1.17 bits per heavy atom. The highest BCUT2D eigenvalue weighted by Crippen LogP contribution is 2.39. The highest BCUT2D eigenvalue weighted by molar-refractivity contribution is 7.86. The number of rotatable bonds is 5. The summed E-state index contributed by atoms with van der Waals surface area (Å²) >= 11 is 0. The van der Waals surface area contributed by atoms with Crippen molar-refractivity contribution in [2.75, 3.05) is 13.1 Å². The molecule has 0 aromatic carbocycles. The maximum absolute atomic E-state index is 13.2. The monoisotopic (exact) mass is 536 g/mol. The predicted octanol–water partition coefficient (Wildman–Crippen LogP) is 1.07. The van der Waals surface area contributed by atoms with Crippen molar-refractivity contribution in [3.8, 4) is 0 Å². The van der Waals surface area contributed by atoms with Gasteiger partial charge < -0.3 is 16.2 Å². The minimum atomic E-state index is -5.08. The van der Waals surface area contributed by atoms with Crippen LogP contribution in [0.25, 0.3) is 0 Å². The number of nitrogens with two attached hydrogens (primary N) is 1. The highest BCUT2D eigenvalue weighted by atomic mass is 32.2.